The summed E-state index contributed by atoms with van der Waals surface area (Å²) >= 11 is 0. The van der Waals surface area contributed by atoms with Crippen molar-refractivity contribution >= 4 is 17.3 Å². The van der Waals surface area contributed by atoms with Crippen molar-refractivity contribution in [3.8, 4) is 0 Å². The number of hydrogen-bond acceptors (Lipinski definition) is 3. The predicted octanol–water partition coefficient (Wildman–Crippen LogP) is 2.93. The van der Waals surface area contributed by atoms with Gasteiger partial charge in [0.1, 0.15) is 0 Å². The molecule has 2 aromatic rings. The Balaban J connectivity index is 1.97. The Hall–Kier alpha value is -2.49. The quantitative estimate of drug-likeness (QED) is 0.730. The van der Waals surface area contributed by atoms with Gasteiger partial charge in [-0.15, -0.1) is 0 Å². The highest BCUT2D eigenvalue weighted by atomic mass is 16.4. The van der Waals surface area contributed by atoms with Crippen LogP contribution in [0.5, 0.6) is 0 Å². The molecule has 0 heterocycles. The van der Waals surface area contributed by atoms with Crippen molar-refractivity contribution in [3.63, 3.8) is 0 Å². The van der Waals surface area contributed by atoms with Gasteiger partial charge >= 0.3 is 5.97 Å². The largest absolute Gasteiger partial charge is 0.478 e. The lowest BCUT2D eigenvalue weighted by molar-refractivity contribution is 0.0698. The average Bonchev–Trinajstić information content (AvgIpc) is 2.40. The molecule has 0 unspecified atom stereocenters. The molecule has 104 valence electrons. The predicted molar refractivity (Wildman–Crippen MR) is 81.2 cm³/mol. The van der Waals surface area contributed by atoms with Gasteiger partial charge in [-0.3, -0.25) is 0 Å². The van der Waals surface area contributed by atoms with Crippen LogP contribution >= 0.6 is 0 Å². The number of aryl methyl sites for hydroxylation is 1. The molecule has 0 aliphatic carbocycles. The number of hydrogen-bond donors (Lipinski definition) is 3. The van der Waals surface area contributed by atoms with E-state index in [4.69, 9.17) is 10.8 Å². The van der Waals surface area contributed by atoms with Crippen LogP contribution in [0.3, 0.4) is 0 Å². The highest BCUT2D eigenvalue weighted by molar-refractivity contribution is 5.94. The van der Waals surface area contributed by atoms with Gasteiger partial charge in [0.2, 0.25) is 0 Å². The van der Waals surface area contributed by atoms with E-state index in [1.165, 1.54) is 17.2 Å². The maximum absolute atomic E-state index is 10.9. The summed E-state index contributed by atoms with van der Waals surface area (Å²) in [6, 6.07) is 13.2. The minimum Gasteiger partial charge on any atom is -0.478 e. The maximum atomic E-state index is 10.9. The van der Waals surface area contributed by atoms with E-state index in [2.05, 4.69) is 24.4 Å². The van der Waals surface area contributed by atoms with Crippen molar-refractivity contribution in [1.29, 1.82) is 0 Å². The second-order valence-corrected chi connectivity index (χ2v) is 4.71. The third kappa shape index (κ3) is 3.29. The van der Waals surface area contributed by atoms with Crippen LogP contribution in [-0.4, -0.2) is 17.6 Å². The highest BCUT2D eigenvalue weighted by Gasteiger charge is 2.07. The average molecular weight is 270 g/mol. The van der Waals surface area contributed by atoms with Crippen molar-refractivity contribution < 1.29 is 9.90 Å². The molecule has 0 amide bonds. The molecule has 0 saturated heterocycles. The minimum atomic E-state index is -1.01. The van der Waals surface area contributed by atoms with Crippen molar-refractivity contribution in [2.45, 2.75) is 13.3 Å². The number of nitrogens with two attached hydrogens (primary N) is 1. The number of anilines is 2. The highest BCUT2D eigenvalue weighted by Crippen LogP contribution is 2.18. The lowest BCUT2D eigenvalue weighted by Crippen LogP contribution is -2.08. The van der Waals surface area contributed by atoms with Gasteiger partial charge in [0, 0.05) is 17.9 Å². The van der Waals surface area contributed by atoms with Crippen molar-refractivity contribution in [2.75, 3.05) is 17.6 Å². The van der Waals surface area contributed by atoms with E-state index < -0.39 is 5.97 Å². The van der Waals surface area contributed by atoms with E-state index in [-0.39, 0.29) is 11.3 Å². The summed E-state index contributed by atoms with van der Waals surface area (Å²) in [5.74, 6) is -1.01. The van der Waals surface area contributed by atoms with Gasteiger partial charge in [0.25, 0.3) is 0 Å². The molecule has 2 aromatic carbocycles. The standard InChI is InChI=1S/C16H18N2O2/c1-11-4-2-3-5-12(11)8-9-18-13-6-7-14(16(19)20)15(17)10-13/h2-7,10,18H,8-9,17H2,1H3,(H,19,20). The number of carbonyl (C=O) groups is 1. The Bertz CT molecular complexity index is 624. The molecule has 0 saturated carbocycles. The van der Waals surface area contributed by atoms with Crippen LogP contribution in [0.4, 0.5) is 11.4 Å². The number of carboxylic acids is 1. The van der Waals surface area contributed by atoms with Gasteiger partial charge < -0.3 is 16.2 Å². The molecule has 0 spiro atoms. The molecule has 0 atom stereocenters. The summed E-state index contributed by atoms with van der Waals surface area (Å²) in [5.41, 5.74) is 9.53. The molecule has 4 heteroatoms. The molecule has 0 fully saturated rings. The van der Waals surface area contributed by atoms with Crippen molar-refractivity contribution in [1.82, 2.24) is 0 Å². The monoisotopic (exact) mass is 270 g/mol. The van der Waals surface area contributed by atoms with Gasteiger partial charge in [-0.2, -0.15) is 0 Å². The summed E-state index contributed by atoms with van der Waals surface area (Å²) in [4.78, 5) is 10.9. The molecule has 0 radical (unpaired) electrons. The zero-order chi connectivity index (χ0) is 14.5. The van der Waals surface area contributed by atoms with Crippen molar-refractivity contribution in [2.24, 2.45) is 0 Å². The van der Waals surface area contributed by atoms with Crippen LogP contribution in [0.1, 0.15) is 21.5 Å². The first-order chi connectivity index (χ1) is 9.58. The van der Waals surface area contributed by atoms with Crippen LogP contribution in [0, 0.1) is 6.92 Å². The first-order valence-electron chi connectivity index (χ1n) is 6.49. The Morgan fingerprint density at radius 2 is 2.00 bits per heavy atom. The van der Waals surface area contributed by atoms with Gasteiger partial charge in [-0.05, 0) is 42.7 Å². The number of rotatable bonds is 5. The summed E-state index contributed by atoms with van der Waals surface area (Å²) in [6.45, 7) is 2.87. The van der Waals surface area contributed by atoms with Gasteiger partial charge in [0.15, 0.2) is 0 Å². The molecule has 2 rings (SSSR count). The second kappa shape index (κ2) is 6.10. The Kier molecular flexibility index (Phi) is 4.25. The fourth-order valence-corrected chi connectivity index (χ4v) is 2.10. The zero-order valence-electron chi connectivity index (χ0n) is 11.4. The molecule has 0 aromatic heterocycles. The topological polar surface area (TPSA) is 75.3 Å². The third-order valence-corrected chi connectivity index (χ3v) is 3.27. The summed E-state index contributed by atoms with van der Waals surface area (Å²) in [5, 5.41) is 12.2. The lowest BCUT2D eigenvalue weighted by Gasteiger charge is -2.10. The number of benzene rings is 2. The molecule has 0 aliphatic heterocycles. The van der Waals surface area contributed by atoms with Gasteiger partial charge in [-0.1, -0.05) is 24.3 Å². The normalized spacial score (nSPS) is 10.2. The summed E-state index contributed by atoms with van der Waals surface area (Å²) in [6.07, 6.45) is 0.910. The Labute approximate surface area is 118 Å². The molecule has 0 aliphatic rings. The molecular weight excluding hydrogens is 252 g/mol. The molecule has 20 heavy (non-hydrogen) atoms. The van der Waals surface area contributed by atoms with Crippen LogP contribution < -0.4 is 11.1 Å². The Morgan fingerprint density at radius 3 is 2.65 bits per heavy atom. The number of nitrogen functional groups attached to an aromatic ring is 1. The number of carboxylic acid groups (broad SMARTS) is 1. The van der Waals surface area contributed by atoms with E-state index in [0.717, 1.165) is 18.7 Å². The SMILES string of the molecule is Cc1ccccc1CCNc1ccc(C(=O)O)c(N)c1. The van der Waals surface area contributed by atoms with Crippen LogP contribution in [0.15, 0.2) is 42.5 Å². The fourth-order valence-electron chi connectivity index (χ4n) is 2.10. The van der Waals surface area contributed by atoms with E-state index in [1.807, 2.05) is 12.1 Å². The fraction of sp³-hybridized carbons (Fsp3) is 0.188. The van der Waals surface area contributed by atoms with Crippen molar-refractivity contribution in [3.05, 3.63) is 59.2 Å². The van der Waals surface area contributed by atoms with Gasteiger partial charge in [0.05, 0.1) is 5.56 Å². The van der Waals surface area contributed by atoms with Gasteiger partial charge in [-0.25, -0.2) is 4.79 Å². The lowest BCUT2D eigenvalue weighted by atomic mass is 10.1. The zero-order valence-corrected chi connectivity index (χ0v) is 11.4. The minimum absolute atomic E-state index is 0.134. The summed E-state index contributed by atoms with van der Waals surface area (Å²) < 4.78 is 0. The molecule has 0 bridgehead atoms. The molecular formula is C16H18N2O2. The molecule has 4 N–H and O–H groups in total. The molecule has 4 nitrogen and oxygen atoms in total. The van der Waals surface area contributed by atoms with Crippen LogP contribution in [-0.2, 0) is 6.42 Å². The first-order valence-corrected chi connectivity index (χ1v) is 6.49. The van der Waals surface area contributed by atoms with Crippen LogP contribution in [0.25, 0.3) is 0 Å². The first kappa shape index (κ1) is 13.9. The smallest absolute Gasteiger partial charge is 0.337 e. The number of nitrogens with one attached hydrogen (secondary N) is 1. The maximum Gasteiger partial charge on any atom is 0.337 e. The van der Waals surface area contributed by atoms with Crippen LogP contribution in [0.2, 0.25) is 0 Å². The van der Waals surface area contributed by atoms with E-state index in [0.29, 0.717) is 0 Å². The van der Waals surface area contributed by atoms with E-state index in [1.54, 1.807) is 12.1 Å². The number of aromatic carboxylic acids is 1. The van der Waals surface area contributed by atoms with E-state index >= 15 is 0 Å². The van der Waals surface area contributed by atoms with E-state index in [9.17, 15) is 4.79 Å². The summed E-state index contributed by atoms with van der Waals surface area (Å²) in [7, 11) is 0. The second-order valence-electron chi connectivity index (χ2n) is 4.71. The third-order valence-electron chi connectivity index (χ3n) is 3.27. The Morgan fingerprint density at radius 1 is 1.25 bits per heavy atom.